The van der Waals surface area contributed by atoms with Crippen molar-refractivity contribution in [2.75, 3.05) is 13.2 Å². The first-order valence-corrected chi connectivity index (χ1v) is 9.62. The summed E-state index contributed by atoms with van der Waals surface area (Å²) in [5, 5.41) is 11.1. The number of aryl methyl sites for hydroxylation is 1. The van der Waals surface area contributed by atoms with Gasteiger partial charge in [-0.2, -0.15) is 0 Å². The van der Waals surface area contributed by atoms with Crippen LogP contribution < -0.4 is 5.32 Å². The van der Waals surface area contributed by atoms with Crippen molar-refractivity contribution in [1.29, 1.82) is 0 Å². The summed E-state index contributed by atoms with van der Waals surface area (Å²) in [5.74, 6) is 5.53. The van der Waals surface area contributed by atoms with E-state index in [2.05, 4.69) is 32.5 Å². The molecule has 2 aromatic heterocycles. The zero-order valence-corrected chi connectivity index (χ0v) is 16.4. The minimum atomic E-state index is -0.319. The Balaban J connectivity index is 1.49. The average Bonchev–Trinajstić information content (AvgIpc) is 3.14. The van der Waals surface area contributed by atoms with Crippen LogP contribution in [0.3, 0.4) is 0 Å². The first-order chi connectivity index (χ1) is 14.6. The minimum absolute atomic E-state index is 0.132. The van der Waals surface area contributed by atoms with Gasteiger partial charge in [0.15, 0.2) is 0 Å². The fourth-order valence-electron chi connectivity index (χ4n) is 3.14. The van der Waals surface area contributed by atoms with E-state index in [4.69, 9.17) is 4.74 Å². The highest BCUT2D eigenvalue weighted by molar-refractivity contribution is 5.94. The third kappa shape index (κ3) is 4.53. The van der Waals surface area contributed by atoms with Crippen molar-refractivity contribution in [2.24, 2.45) is 7.05 Å². The molecule has 0 saturated carbocycles. The predicted octanol–water partition coefficient (Wildman–Crippen LogP) is 2.32. The molecule has 4 rings (SSSR count). The Hall–Kier alpha value is -3.57. The maximum atomic E-state index is 13.2. The van der Waals surface area contributed by atoms with Gasteiger partial charge in [-0.1, -0.05) is 5.21 Å². The van der Waals surface area contributed by atoms with Gasteiger partial charge in [0.25, 0.3) is 5.91 Å². The van der Waals surface area contributed by atoms with Gasteiger partial charge in [-0.3, -0.25) is 4.79 Å². The van der Waals surface area contributed by atoms with Crippen molar-refractivity contribution < 1.29 is 13.9 Å². The molecule has 152 valence electrons. The number of rotatable bonds is 3. The molecule has 0 spiro atoms. The standard InChI is InChI=1S/C22H20FN5O2/c1-28-20(21(26-27-28)15-2-5-17(23)6-3-15)9-8-18-7-4-16(14-24-18)22(29)25-19-10-12-30-13-11-19/h2-7,14,19H,10-13H2,1H3,(H,25,29). The van der Waals surface area contributed by atoms with Gasteiger partial charge < -0.3 is 10.1 Å². The van der Waals surface area contributed by atoms with Gasteiger partial charge in [0.05, 0.1) is 5.56 Å². The molecule has 0 bridgehead atoms. The lowest BCUT2D eigenvalue weighted by Crippen LogP contribution is -2.38. The van der Waals surface area contributed by atoms with Crippen molar-refractivity contribution >= 4 is 5.91 Å². The number of carbonyl (C=O) groups is 1. The van der Waals surface area contributed by atoms with Gasteiger partial charge in [0.1, 0.15) is 22.9 Å². The van der Waals surface area contributed by atoms with Crippen LogP contribution in [0.15, 0.2) is 42.6 Å². The highest BCUT2D eigenvalue weighted by atomic mass is 19.1. The first kappa shape index (κ1) is 19.7. The molecule has 0 aliphatic carbocycles. The fourth-order valence-corrected chi connectivity index (χ4v) is 3.14. The third-order valence-electron chi connectivity index (χ3n) is 4.84. The lowest BCUT2D eigenvalue weighted by molar-refractivity contribution is 0.0696. The van der Waals surface area contributed by atoms with E-state index in [1.165, 1.54) is 18.3 Å². The molecule has 0 atom stereocenters. The van der Waals surface area contributed by atoms with E-state index < -0.39 is 0 Å². The van der Waals surface area contributed by atoms with E-state index >= 15 is 0 Å². The zero-order valence-electron chi connectivity index (χ0n) is 16.4. The molecule has 7 nitrogen and oxygen atoms in total. The topological polar surface area (TPSA) is 81.9 Å². The number of nitrogens with one attached hydrogen (secondary N) is 1. The van der Waals surface area contributed by atoms with Crippen molar-refractivity contribution in [3.05, 3.63) is 65.4 Å². The van der Waals surface area contributed by atoms with Crippen molar-refractivity contribution in [2.45, 2.75) is 18.9 Å². The van der Waals surface area contributed by atoms with Crippen LogP contribution in [0.4, 0.5) is 4.39 Å². The van der Waals surface area contributed by atoms with Crippen molar-refractivity contribution in [1.82, 2.24) is 25.3 Å². The van der Waals surface area contributed by atoms with E-state index in [0.717, 1.165) is 18.4 Å². The molecule has 30 heavy (non-hydrogen) atoms. The fraction of sp³-hybridized carbons (Fsp3) is 0.273. The molecule has 3 aromatic rings. The number of aromatic nitrogens is 4. The van der Waals surface area contributed by atoms with Crippen LogP contribution >= 0.6 is 0 Å². The number of hydrogen-bond donors (Lipinski definition) is 1. The van der Waals surface area contributed by atoms with Gasteiger partial charge in [-0.25, -0.2) is 14.1 Å². The Kier molecular flexibility index (Phi) is 5.82. The molecule has 1 aromatic carbocycles. The highest BCUT2D eigenvalue weighted by Crippen LogP contribution is 2.20. The first-order valence-electron chi connectivity index (χ1n) is 9.62. The lowest BCUT2D eigenvalue weighted by atomic mass is 10.1. The molecule has 8 heteroatoms. The summed E-state index contributed by atoms with van der Waals surface area (Å²) >= 11 is 0. The lowest BCUT2D eigenvalue weighted by Gasteiger charge is -2.23. The molecule has 1 amide bonds. The third-order valence-corrected chi connectivity index (χ3v) is 4.84. The highest BCUT2D eigenvalue weighted by Gasteiger charge is 2.17. The molecular formula is C22H20FN5O2. The van der Waals surface area contributed by atoms with E-state index in [0.29, 0.717) is 35.9 Å². The largest absolute Gasteiger partial charge is 0.381 e. The molecule has 0 radical (unpaired) electrons. The van der Waals surface area contributed by atoms with E-state index in [-0.39, 0.29) is 17.8 Å². The van der Waals surface area contributed by atoms with Gasteiger partial charge in [-0.05, 0) is 61.1 Å². The van der Waals surface area contributed by atoms with Crippen molar-refractivity contribution in [3.63, 3.8) is 0 Å². The van der Waals surface area contributed by atoms with Crippen LogP contribution in [0.25, 0.3) is 11.3 Å². The second-order valence-electron chi connectivity index (χ2n) is 6.96. The number of hydrogen-bond acceptors (Lipinski definition) is 5. The Labute approximate surface area is 173 Å². The quantitative estimate of drug-likeness (QED) is 0.677. The molecule has 1 N–H and O–H groups in total. The van der Waals surface area contributed by atoms with E-state index in [1.807, 2.05) is 0 Å². The van der Waals surface area contributed by atoms with E-state index in [9.17, 15) is 9.18 Å². The number of ether oxygens (including phenoxy) is 1. The number of benzene rings is 1. The molecule has 1 saturated heterocycles. The number of nitrogens with zero attached hydrogens (tertiary/aromatic N) is 4. The number of carbonyl (C=O) groups excluding carboxylic acids is 1. The van der Waals surface area contributed by atoms with Crippen LogP contribution in [0, 0.1) is 17.7 Å². The van der Waals surface area contributed by atoms with Crippen molar-refractivity contribution in [3.8, 4) is 23.1 Å². The summed E-state index contributed by atoms with van der Waals surface area (Å²) in [5.41, 5.74) is 2.88. The number of amides is 1. The van der Waals surface area contributed by atoms with Crippen LogP contribution in [0.2, 0.25) is 0 Å². The van der Waals surface area contributed by atoms with E-state index in [1.54, 1.807) is 36.0 Å². The maximum Gasteiger partial charge on any atom is 0.253 e. The Morgan fingerprint density at radius 2 is 1.93 bits per heavy atom. The normalized spacial score (nSPS) is 14.1. The summed E-state index contributed by atoms with van der Waals surface area (Å²) in [4.78, 5) is 16.6. The molecule has 1 aliphatic rings. The molecular weight excluding hydrogens is 385 g/mol. The summed E-state index contributed by atoms with van der Waals surface area (Å²) in [6.07, 6.45) is 3.15. The minimum Gasteiger partial charge on any atom is -0.381 e. The van der Waals surface area contributed by atoms with Gasteiger partial charge in [-0.15, -0.1) is 5.10 Å². The van der Waals surface area contributed by atoms with Crippen LogP contribution in [-0.4, -0.2) is 45.1 Å². The van der Waals surface area contributed by atoms with Gasteiger partial charge >= 0.3 is 0 Å². The molecule has 3 heterocycles. The van der Waals surface area contributed by atoms with Gasteiger partial charge in [0.2, 0.25) is 0 Å². The number of pyridine rings is 1. The van der Waals surface area contributed by atoms with Gasteiger partial charge in [0, 0.05) is 38.1 Å². The smallest absolute Gasteiger partial charge is 0.253 e. The SMILES string of the molecule is Cn1nnc(-c2ccc(F)cc2)c1C#Cc1ccc(C(=O)NC2CCOCC2)cn1. The summed E-state index contributed by atoms with van der Waals surface area (Å²) in [7, 11) is 1.74. The van der Waals surface area contributed by atoms with Crippen LogP contribution in [0.5, 0.6) is 0 Å². The number of halogens is 1. The Morgan fingerprint density at radius 1 is 1.17 bits per heavy atom. The Morgan fingerprint density at radius 3 is 2.63 bits per heavy atom. The second kappa shape index (κ2) is 8.84. The summed E-state index contributed by atoms with van der Waals surface area (Å²) in [6, 6.07) is 9.54. The molecule has 1 aliphatic heterocycles. The Bertz CT molecular complexity index is 1090. The maximum absolute atomic E-state index is 13.2. The summed E-state index contributed by atoms with van der Waals surface area (Å²) < 4.78 is 20.0. The second-order valence-corrected chi connectivity index (χ2v) is 6.96. The molecule has 0 unspecified atom stereocenters. The predicted molar refractivity (Wildman–Crippen MR) is 108 cm³/mol. The average molecular weight is 405 g/mol. The van der Waals surface area contributed by atoms with Crippen LogP contribution in [0.1, 0.15) is 34.6 Å². The zero-order chi connectivity index (χ0) is 20.9. The monoisotopic (exact) mass is 405 g/mol. The molecule has 1 fully saturated rings. The van der Waals surface area contributed by atoms with Crippen LogP contribution in [-0.2, 0) is 11.8 Å². The summed E-state index contributed by atoms with van der Waals surface area (Å²) in [6.45, 7) is 1.33.